The summed E-state index contributed by atoms with van der Waals surface area (Å²) in [6, 6.07) is 2.83. The van der Waals surface area contributed by atoms with Crippen molar-refractivity contribution in [1.82, 2.24) is 13.5 Å². The van der Waals surface area contributed by atoms with Crippen LogP contribution in [0.4, 0.5) is 29.3 Å². The molecule has 2 heterocycles. The van der Waals surface area contributed by atoms with E-state index in [1.807, 2.05) is 4.90 Å². The van der Waals surface area contributed by atoms with Crippen LogP contribution in [-0.4, -0.2) is 81.3 Å². The summed E-state index contributed by atoms with van der Waals surface area (Å²) in [7, 11) is -0.706. The second kappa shape index (κ2) is 8.60. The number of piperazine rings is 1. The molecule has 0 bridgehead atoms. The molecule has 0 aromatic heterocycles. The molecule has 3 rings (SSSR count). The number of benzene rings is 1. The highest BCUT2D eigenvalue weighted by Gasteiger charge is 2.33. The van der Waals surface area contributed by atoms with Crippen molar-refractivity contribution >= 4 is 27.6 Å². The minimum atomic E-state index is -4.52. The first-order valence-electron chi connectivity index (χ1n) is 9.70. The van der Waals surface area contributed by atoms with E-state index in [0.29, 0.717) is 5.69 Å². The molecule has 2 saturated heterocycles. The third-order valence-corrected chi connectivity index (χ3v) is 7.27. The van der Waals surface area contributed by atoms with Gasteiger partial charge >= 0.3 is 12.2 Å². The van der Waals surface area contributed by atoms with E-state index in [1.54, 1.807) is 0 Å². The van der Waals surface area contributed by atoms with Gasteiger partial charge in [0.15, 0.2) is 0 Å². The lowest BCUT2D eigenvalue weighted by Crippen LogP contribution is -2.53. The van der Waals surface area contributed by atoms with Crippen molar-refractivity contribution in [1.29, 1.82) is 0 Å². The predicted molar refractivity (Wildman–Crippen MR) is 108 cm³/mol. The number of amides is 2. The Labute approximate surface area is 174 Å². The standard InChI is InChI=1S/C18H26F3N5O3S/c1-23(2)30(28,29)26-11-9-25(10-12-26)17(27)22-15-13-14(18(19,20)21)5-6-16(15)24-7-3-4-8-24/h5-6,13H,3-4,7-12H2,1-2H3,(H,22,27). The lowest BCUT2D eigenvalue weighted by Gasteiger charge is -2.35. The number of halogens is 3. The largest absolute Gasteiger partial charge is 0.416 e. The first kappa shape index (κ1) is 22.6. The molecule has 1 aromatic rings. The predicted octanol–water partition coefficient (Wildman–Crippen LogP) is 2.26. The van der Waals surface area contributed by atoms with Gasteiger partial charge in [-0.2, -0.15) is 30.2 Å². The highest BCUT2D eigenvalue weighted by molar-refractivity contribution is 7.86. The maximum atomic E-state index is 13.2. The molecular weight excluding hydrogens is 423 g/mol. The highest BCUT2D eigenvalue weighted by atomic mass is 32.2. The van der Waals surface area contributed by atoms with Gasteiger partial charge in [-0.05, 0) is 31.0 Å². The summed E-state index contributed by atoms with van der Waals surface area (Å²) in [5.41, 5.74) is -0.162. The summed E-state index contributed by atoms with van der Waals surface area (Å²) < 4.78 is 66.3. The van der Waals surface area contributed by atoms with Gasteiger partial charge < -0.3 is 15.1 Å². The molecule has 0 aliphatic carbocycles. The average Bonchev–Trinajstić information content (AvgIpc) is 3.21. The number of rotatable bonds is 4. The highest BCUT2D eigenvalue weighted by Crippen LogP contribution is 2.36. The number of hydrogen-bond donors (Lipinski definition) is 1. The lowest BCUT2D eigenvalue weighted by atomic mass is 10.1. The Balaban J connectivity index is 1.74. The molecule has 0 radical (unpaired) electrons. The number of anilines is 2. The molecule has 2 aliphatic heterocycles. The zero-order valence-corrected chi connectivity index (χ0v) is 17.8. The summed E-state index contributed by atoms with van der Waals surface area (Å²) in [6.07, 6.45) is -2.64. The van der Waals surface area contributed by atoms with Crippen molar-refractivity contribution in [2.45, 2.75) is 19.0 Å². The van der Waals surface area contributed by atoms with Crippen molar-refractivity contribution in [2.75, 3.05) is 63.6 Å². The van der Waals surface area contributed by atoms with Crippen LogP contribution < -0.4 is 10.2 Å². The van der Waals surface area contributed by atoms with Crippen LogP contribution in [0, 0.1) is 0 Å². The van der Waals surface area contributed by atoms with Crippen molar-refractivity contribution in [3.63, 3.8) is 0 Å². The van der Waals surface area contributed by atoms with Crippen LogP contribution in [0.2, 0.25) is 0 Å². The van der Waals surface area contributed by atoms with E-state index >= 15 is 0 Å². The normalized spacial score (nSPS) is 18.9. The molecule has 1 N–H and O–H groups in total. The van der Waals surface area contributed by atoms with Crippen LogP contribution in [0.1, 0.15) is 18.4 Å². The second-order valence-electron chi connectivity index (χ2n) is 7.53. The average molecular weight is 449 g/mol. The number of nitrogens with zero attached hydrogens (tertiary/aromatic N) is 4. The minimum absolute atomic E-state index is 0.111. The van der Waals surface area contributed by atoms with E-state index in [0.717, 1.165) is 42.4 Å². The molecule has 2 amide bonds. The Bertz CT molecular complexity index is 878. The summed E-state index contributed by atoms with van der Waals surface area (Å²) in [6.45, 7) is 1.98. The monoisotopic (exact) mass is 449 g/mol. The van der Waals surface area contributed by atoms with Crippen molar-refractivity contribution in [3.05, 3.63) is 23.8 Å². The summed E-state index contributed by atoms with van der Waals surface area (Å²) >= 11 is 0. The van der Waals surface area contributed by atoms with Crippen molar-refractivity contribution in [3.8, 4) is 0 Å². The second-order valence-corrected chi connectivity index (χ2v) is 9.67. The van der Waals surface area contributed by atoms with Gasteiger partial charge in [-0.1, -0.05) is 0 Å². The number of carbonyl (C=O) groups is 1. The van der Waals surface area contributed by atoms with Gasteiger partial charge in [0.1, 0.15) is 0 Å². The van der Waals surface area contributed by atoms with Crippen LogP contribution >= 0.6 is 0 Å². The summed E-state index contributed by atoms with van der Waals surface area (Å²) in [4.78, 5) is 16.1. The maximum Gasteiger partial charge on any atom is 0.416 e. The molecule has 0 saturated carbocycles. The molecular formula is C18H26F3N5O3S. The first-order chi connectivity index (χ1) is 14.0. The fourth-order valence-electron chi connectivity index (χ4n) is 3.59. The number of carbonyl (C=O) groups excluding carboxylic acids is 1. The molecule has 0 atom stereocenters. The van der Waals surface area contributed by atoms with Crippen LogP contribution in [0.25, 0.3) is 0 Å². The van der Waals surface area contributed by atoms with E-state index in [-0.39, 0.29) is 31.9 Å². The molecule has 0 spiro atoms. The van der Waals surface area contributed by atoms with Gasteiger partial charge in [-0.15, -0.1) is 0 Å². The quantitative estimate of drug-likeness (QED) is 0.765. The first-order valence-corrected chi connectivity index (χ1v) is 11.1. The fourth-order valence-corrected chi connectivity index (χ4v) is 4.68. The zero-order valence-electron chi connectivity index (χ0n) is 16.9. The Hall–Kier alpha value is -2.05. The van der Waals surface area contributed by atoms with Gasteiger partial charge in [-0.25, -0.2) is 4.79 Å². The van der Waals surface area contributed by atoms with E-state index in [2.05, 4.69) is 5.32 Å². The van der Waals surface area contributed by atoms with Crippen LogP contribution in [0.15, 0.2) is 18.2 Å². The summed E-state index contributed by atoms with van der Waals surface area (Å²) in [5, 5.41) is 2.61. The van der Waals surface area contributed by atoms with Gasteiger partial charge in [0.2, 0.25) is 0 Å². The lowest BCUT2D eigenvalue weighted by molar-refractivity contribution is -0.137. The zero-order chi connectivity index (χ0) is 22.1. The van der Waals surface area contributed by atoms with Crippen molar-refractivity contribution < 1.29 is 26.4 Å². The number of urea groups is 1. The Morgan fingerprint density at radius 3 is 2.17 bits per heavy atom. The fraction of sp³-hybridized carbons (Fsp3) is 0.611. The van der Waals surface area contributed by atoms with Crippen LogP contribution in [-0.2, 0) is 16.4 Å². The Morgan fingerprint density at radius 1 is 1.03 bits per heavy atom. The molecule has 2 fully saturated rings. The molecule has 12 heteroatoms. The molecule has 2 aliphatic rings. The molecule has 168 valence electrons. The third kappa shape index (κ3) is 4.81. The minimum Gasteiger partial charge on any atom is -0.370 e. The molecule has 1 aromatic carbocycles. The molecule has 30 heavy (non-hydrogen) atoms. The van der Waals surface area contributed by atoms with E-state index < -0.39 is 28.0 Å². The van der Waals surface area contributed by atoms with E-state index in [1.165, 1.54) is 29.4 Å². The van der Waals surface area contributed by atoms with E-state index in [4.69, 9.17) is 0 Å². The Morgan fingerprint density at radius 2 is 1.63 bits per heavy atom. The molecule has 0 unspecified atom stereocenters. The topological polar surface area (TPSA) is 76.2 Å². The van der Waals surface area contributed by atoms with Crippen LogP contribution in [0.3, 0.4) is 0 Å². The maximum absolute atomic E-state index is 13.2. The summed E-state index contributed by atoms with van der Waals surface area (Å²) in [5.74, 6) is 0. The number of nitrogens with one attached hydrogen (secondary N) is 1. The van der Waals surface area contributed by atoms with E-state index in [9.17, 15) is 26.4 Å². The number of alkyl halides is 3. The third-order valence-electron chi connectivity index (χ3n) is 5.33. The van der Waals surface area contributed by atoms with Gasteiger partial charge in [0.25, 0.3) is 10.2 Å². The van der Waals surface area contributed by atoms with Crippen LogP contribution in [0.5, 0.6) is 0 Å². The van der Waals surface area contributed by atoms with Gasteiger partial charge in [-0.3, -0.25) is 0 Å². The SMILES string of the molecule is CN(C)S(=O)(=O)N1CCN(C(=O)Nc2cc(C(F)(F)F)ccc2N2CCCC2)CC1. The molecule has 8 nitrogen and oxygen atoms in total. The smallest absolute Gasteiger partial charge is 0.370 e. The van der Waals surface area contributed by atoms with Gasteiger partial charge in [0.05, 0.1) is 16.9 Å². The Kier molecular flexibility index (Phi) is 6.48. The van der Waals surface area contributed by atoms with Gasteiger partial charge in [0, 0.05) is 53.4 Å². The number of hydrogen-bond acceptors (Lipinski definition) is 4. The van der Waals surface area contributed by atoms with Crippen molar-refractivity contribution in [2.24, 2.45) is 0 Å².